The number of unbranched alkanes of at least 4 members (excludes halogenated alkanes) is 1. The molecular weight excluding hydrogens is 1510 g/mol. The van der Waals surface area contributed by atoms with E-state index in [0.29, 0.717) is 39.8 Å². The second-order valence-electron chi connectivity index (χ2n) is 28.1. The van der Waals surface area contributed by atoms with Gasteiger partial charge in [-0.15, -0.1) is 0 Å². The molecule has 0 saturated carbocycles. The molecule has 6 rings (SSSR count). The second kappa shape index (κ2) is 45.8. The van der Waals surface area contributed by atoms with Crippen molar-refractivity contribution in [1.82, 2.24) is 68.8 Å². The third-order valence-electron chi connectivity index (χ3n) is 18.7. The number of nitrogens with one attached hydrogen (secondary N) is 13. The number of primary amides is 4. The minimum Gasteiger partial charge on any atom is -0.492 e. The van der Waals surface area contributed by atoms with Crippen molar-refractivity contribution in [3.8, 4) is 5.75 Å². The van der Waals surface area contributed by atoms with Crippen molar-refractivity contribution >= 4 is 128 Å². The summed E-state index contributed by atoms with van der Waals surface area (Å²) in [5.74, 6) is -16.1. The molecule has 1 saturated heterocycles. The first-order chi connectivity index (χ1) is 54.7. The van der Waals surface area contributed by atoms with Crippen LogP contribution in [0.2, 0.25) is 0 Å². The van der Waals surface area contributed by atoms with Gasteiger partial charge in [-0.25, -0.2) is 0 Å². The van der Waals surface area contributed by atoms with Crippen molar-refractivity contribution in [3.05, 3.63) is 114 Å². The highest BCUT2D eigenvalue weighted by atomic mass is 32.2. The van der Waals surface area contributed by atoms with Gasteiger partial charge < -0.3 is 119 Å². The van der Waals surface area contributed by atoms with Crippen LogP contribution in [-0.2, 0) is 96.0 Å². The maximum absolute atomic E-state index is 15.7. The first-order valence-electron chi connectivity index (χ1n) is 37.6. The summed E-state index contributed by atoms with van der Waals surface area (Å²) in [6.07, 6.45) is -3.82. The molecule has 38 nitrogen and oxygen atoms in total. The maximum atomic E-state index is 15.7. The lowest BCUT2D eigenvalue weighted by molar-refractivity contribution is -0.138. The summed E-state index contributed by atoms with van der Waals surface area (Å²) >= 11 is 0.934. The number of hydrogen-bond acceptors (Lipinski definition) is 22. The highest BCUT2D eigenvalue weighted by Crippen LogP contribution is 2.24. The van der Waals surface area contributed by atoms with E-state index in [1.54, 1.807) is 79.0 Å². The van der Waals surface area contributed by atoms with Crippen molar-refractivity contribution < 1.29 is 86.6 Å². The maximum Gasteiger partial charge on any atom is 0.246 e. The average Bonchev–Trinajstić information content (AvgIpc) is 1.80. The normalized spacial score (nSPS) is 19.0. The van der Waals surface area contributed by atoms with Gasteiger partial charge in [-0.2, -0.15) is 11.8 Å². The van der Waals surface area contributed by atoms with E-state index < -0.39 is 211 Å². The van der Waals surface area contributed by atoms with Crippen molar-refractivity contribution in [1.29, 1.82) is 0 Å². The number of fused-ring (bicyclic) bond motifs is 2. The number of para-hydroxylation sites is 1. The summed E-state index contributed by atoms with van der Waals surface area (Å²) < 4.78 is 5.72. The van der Waals surface area contributed by atoms with E-state index in [4.69, 9.17) is 44.9 Å². The largest absolute Gasteiger partial charge is 0.492 e. The number of amides is 16. The molecular formula is C76H106N20O18S. The Bertz CT molecular complexity index is 4280. The van der Waals surface area contributed by atoms with E-state index in [-0.39, 0.29) is 83.4 Å². The van der Waals surface area contributed by atoms with Gasteiger partial charge in [0.05, 0.1) is 19.1 Å². The van der Waals surface area contributed by atoms with Crippen LogP contribution in [0.15, 0.2) is 97.2 Å². The molecule has 1 aliphatic heterocycles. The molecule has 2 heterocycles. The van der Waals surface area contributed by atoms with Crippen LogP contribution in [0, 0.1) is 0 Å². The predicted octanol–water partition coefficient (Wildman–Crippen LogP) is -5.18. The number of aromatic amines is 1. The summed E-state index contributed by atoms with van der Waals surface area (Å²) in [6, 6.07) is 9.03. The van der Waals surface area contributed by atoms with E-state index in [0.717, 1.165) is 36.4 Å². The Kier molecular flexibility index (Phi) is 36.6. The molecule has 4 aromatic carbocycles. The number of H-pyrrole nitrogens is 1. The van der Waals surface area contributed by atoms with Crippen molar-refractivity contribution in [2.45, 2.75) is 183 Å². The summed E-state index contributed by atoms with van der Waals surface area (Å²) in [4.78, 5) is 227. The van der Waals surface area contributed by atoms with E-state index in [9.17, 15) is 53.1 Å². The van der Waals surface area contributed by atoms with E-state index in [1.807, 2.05) is 18.2 Å². The molecule has 28 N–H and O–H groups in total. The summed E-state index contributed by atoms with van der Waals surface area (Å²) in [7, 11) is 0. The van der Waals surface area contributed by atoms with Crippen LogP contribution in [0.3, 0.4) is 0 Å². The molecule has 0 unspecified atom stereocenters. The molecule has 0 spiro atoms. The number of carbonyl (C=O) groups is 16. The Balaban J connectivity index is 1.46. The van der Waals surface area contributed by atoms with Crippen LogP contribution in [-0.4, -0.2) is 221 Å². The summed E-state index contributed by atoms with van der Waals surface area (Å²) in [6.45, 7) is 3.39. The molecule has 1 aliphatic rings. The minimum atomic E-state index is -1.97. The van der Waals surface area contributed by atoms with Gasteiger partial charge in [0, 0.05) is 68.4 Å². The fraction of sp³-hybridized carbons (Fsp3) is 0.474. The van der Waals surface area contributed by atoms with Crippen molar-refractivity contribution in [2.75, 3.05) is 44.3 Å². The number of nitrogens with two attached hydrogens (primary N) is 7. The summed E-state index contributed by atoms with van der Waals surface area (Å²) in [5, 5.41) is 44.0. The third-order valence-corrected chi connectivity index (χ3v) is 19.8. The molecule has 1 fully saturated rings. The number of thioether (sulfide) groups is 1. The molecule has 115 heavy (non-hydrogen) atoms. The zero-order valence-electron chi connectivity index (χ0n) is 64.3. The SMILES string of the molecule is CC(=O)N[C@H]1CCSC[C@@H](C(=O)N[C@@H](Cc2ccc(OCCN)cc2)C(=O)N[C@@H](Cc2ccc3ccccc3c2)C(=O)N[C@@](C)(CCCCN)C(=O)N[C@@H](CCCN)C(=O)N[C@@H](CC(N)=O)C(=O)NCC(N)=O)NC(=O)[C@H](CCC(N)=O)NC(=O)[C@H](Cc2c[nH]c3ccccc23)NC(=O)[C@H]([C@@H](C)O)NC(=O)[C@H](CCC(N)=O)NC1=O. The smallest absolute Gasteiger partial charge is 0.246 e. The van der Waals surface area contributed by atoms with Gasteiger partial charge >= 0.3 is 0 Å². The third kappa shape index (κ3) is 29.9. The monoisotopic (exact) mass is 1620 g/mol. The standard InChI is InChI=1S/C76H106N20O18S/c1-41(97)64-74(112)92-57(36-47-38-84-50-14-7-6-13-49(47)50)71(109)88-52(22-24-60(80)99)67(105)93-59(40-115-32-26-54(86-42(2)98)68(106)87-53(69(107)95-64)23-25-61(81)100)72(110)89-55(34-43-17-20-48(21-18-43)114-31-30-79)70(108)90-56(35-44-16-19-45-11-4-5-12-46(45)33-44)73(111)96-76(3,27-8-9-28-77)75(113)94-51(15-10-29-78)66(104)91-58(37-62(82)101)65(103)85-39-63(83)102/h4-7,11-14,16-21,33,38,41,51-59,64,84,97H,8-10,15,22-32,34-37,39-40,77-79H2,1-3H3,(H2,80,99)(H2,81,100)(H2,82,101)(H2,83,102)(H,85,103)(H,86,98)(H,87,106)(H,88,109)(H,89,110)(H,90,108)(H,91,104)(H,92,112)(H,93,105)(H,94,113)(H,95,107)(H,96,111)/t41-,51+,52+,53+,54+,55+,56+,57+,58+,59+,64+,76+/m1/s1. The van der Waals surface area contributed by atoms with E-state index in [2.05, 4.69) is 68.8 Å². The number of carbonyl (C=O) groups excluding carboxylic acids is 16. The first kappa shape index (κ1) is 92.1. The van der Waals surface area contributed by atoms with Gasteiger partial charge in [0.1, 0.15) is 78.3 Å². The predicted molar refractivity (Wildman–Crippen MR) is 424 cm³/mol. The highest BCUT2D eigenvalue weighted by molar-refractivity contribution is 7.99. The Labute approximate surface area is 667 Å². The van der Waals surface area contributed by atoms with E-state index in [1.165, 1.54) is 6.92 Å². The van der Waals surface area contributed by atoms with Crippen molar-refractivity contribution in [3.63, 3.8) is 0 Å². The van der Waals surface area contributed by atoms with Crippen molar-refractivity contribution in [2.24, 2.45) is 40.1 Å². The van der Waals surface area contributed by atoms with Crippen LogP contribution >= 0.6 is 11.8 Å². The van der Waals surface area contributed by atoms with Gasteiger partial charge in [-0.1, -0.05) is 72.8 Å². The molecule has 0 radical (unpaired) electrons. The number of aliphatic hydroxyl groups is 1. The van der Waals surface area contributed by atoms with Crippen LogP contribution in [0.25, 0.3) is 21.7 Å². The van der Waals surface area contributed by atoms with Gasteiger partial charge in [-0.05, 0) is 130 Å². The Morgan fingerprint density at radius 2 is 1.19 bits per heavy atom. The molecule has 1 aromatic heterocycles. The quantitative estimate of drug-likeness (QED) is 0.0164. The number of aliphatic hydroxyl groups excluding tert-OH is 1. The Morgan fingerprint density at radius 1 is 0.600 bits per heavy atom. The van der Waals surface area contributed by atoms with Crippen LogP contribution in [0.1, 0.15) is 108 Å². The van der Waals surface area contributed by atoms with Crippen LogP contribution in [0.4, 0.5) is 0 Å². The number of ether oxygens (including phenoxy) is 1. The first-order valence-corrected chi connectivity index (χ1v) is 38.7. The second-order valence-corrected chi connectivity index (χ2v) is 29.2. The molecule has 12 atom stereocenters. The molecule has 0 aliphatic carbocycles. The topological polar surface area (TPSA) is 645 Å². The van der Waals surface area contributed by atoms with Crippen LogP contribution < -0.4 is 109 Å². The Hall–Kier alpha value is -11.8. The lowest BCUT2D eigenvalue weighted by Crippen LogP contribution is -2.64. The number of hydrogen-bond donors (Lipinski definition) is 21. The van der Waals surface area contributed by atoms with Gasteiger partial charge in [0.15, 0.2) is 0 Å². The van der Waals surface area contributed by atoms with Gasteiger partial charge in [0.25, 0.3) is 0 Å². The lowest BCUT2D eigenvalue weighted by Gasteiger charge is -2.34. The van der Waals surface area contributed by atoms with Crippen LogP contribution in [0.5, 0.6) is 5.75 Å². The highest BCUT2D eigenvalue weighted by Gasteiger charge is 2.42. The average molecular weight is 1620 g/mol. The molecule has 39 heteroatoms. The molecule has 624 valence electrons. The number of rotatable bonds is 39. The summed E-state index contributed by atoms with van der Waals surface area (Å²) in [5.41, 5.74) is 39.3. The lowest BCUT2D eigenvalue weighted by atomic mass is 9.91. The molecule has 5 aromatic rings. The minimum absolute atomic E-state index is 0.00836. The molecule has 0 bridgehead atoms. The fourth-order valence-corrected chi connectivity index (χ4v) is 13.5. The zero-order valence-corrected chi connectivity index (χ0v) is 65.1. The Morgan fingerprint density at radius 3 is 1.83 bits per heavy atom. The van der Waals surface area contributed by atoms with E-state index >= 15 is 28.8 Å². The zero-order chi connectivity index (χ0) is 84.5. The number of aromatic nitrogens is 1. The van der Waals surface area contributed by atoms with Gasteiger partial charge in [0.2, 0.25) is 94.5 Å². The molecule has 16 amide bonds. The number of benzene rings is 4. The van der Waals surface area contributed by atoms with Gasteiger partial charge in [-0.3, -0.25) is 76.7 Å². The fourth-order valence-electron chi connectivity index (χ4n) is 12.5.